The number of methoxy groups -OCH3 is 1. The lowest BCUT2D eigenvalue weighted by atomic mass is 10.3. The second-order valence-corrected chi connectivity index (χ2v) is 6.59. The van der Waals surface area contributed by atoms with Gasteiger partial charge >= 0.3 is 0 Å². The molecule has 0 bridgehead atoms. The van der Waals surface area contributed by atoms with Crippen molar-refractivity contribution < 1.29 is 14.3 Å². The molecule has 7 heteroatoms. The molecule has 1 fully saturated rings. The summed E-state index contributed by atoms with van der Waals surface area (Å²) in [4.78, 5) is 24.0. The van der Waals surface area contributed by atoms with Gasteiger partial charge in [0.05, 0.1) is 18.1 Å². The second-order valence-electron chi connectivity index (χ2n) is 6.59. The standard InChI is InChI=1S/C21H22N4O3/c1-27-15-8-10-16(11-9-15)28-14-19(26)24-20-21(25-12-4-5-13-25)23-18-7-3-2-6-17(18)22-20/h2-3,6-11H,4-5,12-14H2,1H3,(H,22,24,26). The number of rotatable bonds is 6. The molecule has 1 amide bonds. The third kappa shape index (κ3) is 3.98. The summed E-state index contributed by atoms with van der Waals surface area (Å²) in [5.41, 5.74) is 1.56. The summed E-state index contributed by atoms with van der Waals surface area (Å²) in [6.07, 6.45) is 2.23. The number of carbonyl (C=O) groups excluding carboxylic acids is 1. The lowest BCUT2D eigenvalue weighted by Gasteiger charge is -2.20. The first-order valence-electron chi connectivity index (χ1n) is 9.31. The van der Waals surface area contributed by atoms with E-state index in [1.54, 1.807) is 31.4 Å². The molecule has 2 aromatic carbocycles. The van der Waals surface area contributed by atoms with E-state index in [0.29, 0.717) is 17.4 Å². The first kappa shape index (κ1) is 18.0. The number of amides is 1. The fourth-order valence-electron chi connectivity index (χ4n) is 3.21. The van der Waals surface area contributed by atoms with Crippen LogP contribution in [-0.2, 0) is 4.79 Å². The molecule has 1 aliphatic heterocycles. The van der Waals surface area contributed by atoms with Crippen LogP contribution in [0.2, 0.25) is 0 Å². The average Bonchev–Trinajstić information content (AvgIpc) is 3.27. The summed E-state index contributed by atoms with van der Waals surface area (Å²) in [5, 5.41) is 2.87. The lowest BCUT2D eigenvalue weighted by molar-refractivity contribution is -0.118. The van der Waals surface area contributed by atoms with Gasteiger partial charge in [0.25, 0.3) is 5.91 Å². The molecule has 0 aliphatic carbocycles. The van der Waals surface area contributed by atoms with Crippen LogP contribution in [0.4, 0.5) is 11.6 Å². The number of hydrogen-bond acceptors (Lipinski definition) is 6. The largest absolute Gasteiger partial charge is 0.497 e. The van der Waals surface area contributed by atoms with E-state index in [1.165, 1.54) is 0 Å². The normalized spacial score (nSPS) is 13.5. The quantitative estimate of drug-likeness (QED) is 0.710. The van der Waals surface area contributed by atoms with E-state index in [2.05, 4.69) is 15.2 Å². The van der Waals surface area contributed by atoms with Gasteiger partial charge in [0.1, 0.15) is 11.5 Å². The van der Waals surface area contributed by atoms with Gasteiger partial charge in [-0.3, -0.25) is 4.79 Å². The van der Waals surface area contributed by atoms with Crippen molar-refractivity contribution in [3.8, 4) is 11.5 Å². The van der Waals surface area contributed by atoms with Crippen LogP contribution in [0, 0.1) is 0 Å². The zero-order valence-electron chi connectivity index (χ0n) is 15.7. The van der Waals surface area contributed by atoms with Crippen LogP contribution < -0.4 is 19.7 Å². The molecule has 0 radical (unpaired) electrons. The van der Waals surface area contributed by atoms with Crippen molar-refractivity contribution in [2.45, 2.75) is 12.8 Å². The molecule has 1 N–H and O–H groups in total. The SMILES string of the molecule is COc1ccc(OCC(=O)Nc2nc3ccccc3nc2N2CCCC2)cc1. The molecule has 28 heavy (non-hydrogen) atoms. The van der Waals surface area contributed by atoms with Crippen molar-refractivity contribution in [3.63, 3.8) is 0 Å². The third-order valence-electron chi connectivity index (χ3n) is 4.64. The summed E-state index contributed by atoms with van der Waals surface area (Å²) >= 11 is 0. The monoisotopic (exact) mass is 378 g/mol. The topological polar surface area (TPSA) is 76.6 Å². The van der Waals surface area contributed by atoms with Crippen molar-refractivity contribution in [3.05, 3.63) is 48.5 Å². The summed E-state index contributed by atoms with van der Waals surface area (Å²) in [6, 6.07) is 14.8. The molecule has 3 aromatic rings. The van der Waals surface area contributed by atoms with Crippen molar-refractivity contribution in [1.29, 1.82) is 0 Å². The maximum Gasteiger partial charge on any atom is 0.263 e. The van der Waals surface area contributed by atoms with Gasteiger partial charge in [0, 0.05) is 13.1 Å². The number of aromatic nitrogens is 2. The number of anilines is 2. The van der Waals surface area contributed by atoms with E-state index in [4.69, 9.17) is 14.5 Å². The lowest BCUT2D eigenvalue weighted by Crippen LogP contribution is -2.25. The Morgan fingerprint density at radius 3 is 2.32 bits per heavy atom. The average molecular weight is 378 g/mol. The van der Waals surface area contributed by atoms with Crippen molar-refractivity contribution in [2.24, 2.45) is 0 Å². The molecule has 1 aliphatic rings. The number of nitrogens with zero attached hydrogens (tertiary/aromatic N) is 3. The van der Waals surface area contributed by atoms with Gasteiger partial charge in [0.15, 0.2) is 18.2 Å². The van der Waals surface area contributed by atoms with Crippen molar-refractivity contribution in [1.82, 2.24) is 9.97 Å². The number of hydrogen-bond donors (Lipinski definition) is 1. The molecule has 0 saturated carbocycles. The molecule has 0 unspecified atom stereocenters. The fraction of sp³-hybridized carbons (Fsp3) is 0.286. The van der Waals surface area contributed by atoms with Gasteiger partial charge in [-0.25, -0.2) is 9.97 Å². The van der Waals surface area contributed by atoms with E-state index in [9.17, 15) is 4.79 Å². The molecule has 144 valence electrons. The van der Waals surface area contributed by atoms with Crippen LogP contribution in [0.15, 0.2) is 48.5 Å². The van der Waals surface area contributed by atoms with E-state index in [-0.39, 0.29) is 12.5 Å². The molecular formula is C21H22N4O3. The van der Waals surface area contributed by atoms with Gasteiger partial charge in [-0.2, -0.15) is 0 Å². The minimum Gasteiger partial charge on any atom is -0.497 e. The third-order valence-corrected chi connectivity index (χ3v) is 4.64. The van der Waals surface area contributed by atoms with Crippen LogP contribution in [0.5, 0.6) is 11.5 Å². The fourth-order valence-corrected chi connectivity index (χ4v) is 3.21. The summed E-state index contributed by atoms with van der Waals surface area (Å²) in [6.45, 7) is 1.72. The molecule has 0 atom stereocenters. The van der Waals surface area contributed by atoms with E-state index in [1.807, 2.05) is 24.3 Å². The maximum absolute atomic E-state index is 12.5. The predicted octanol–water partition coefficient (Wildman–Crippen LogP) is 3.26. The Morgan fingerprint density at radius 2 is 1.64 bits per heavy atom. The highest BCUT2D eigenvalue weighted by Crippen LogP contribution is 2.27. The van der Waals surface area contributed by atoms with Gasteiger partial charge in [-0.15, -0.1) is 0 Å². The first-order valence-corrected chi connectivity index (χ1v) is 9.31. The summed E-state index contributed by atoms with van der Waals surface area (Å²) in [7, 11) is 1.60. The molecule has 1 saturated heterocycles. The van der Waals surface area contributed by atoms with Gasteiger partial charge in [-0.1, -0.05) is 12.1 Å². The van der Waals surface area contributed by atoms with Crippen molar-refractivity contribution >= 4 is 28.6 Å². The number of carbonyl (C=O) groups is 1. The Balaban J connectivity index is 1.50. The number of fused-ring (bicyclic) bond motifs is 1. The highest BCUT2D eigenvalue weighted by Gasteiger charge is 2.20. The number of benzene rings is 2. The minimum absolute atomic E-state index is 0.111. The summed E-state index contributed by atoms with van der Waals surface area (Å²) in [5.74, 6) is 2.25. The Hall–Kier alpha value is -3.35. The van der Waals surface area contributed by atoms with Crippen LogP contribution in [0.25, 0.3) is 11.0 Å². The van der Waals surface area contributed by atoms with E-state index < -0.39 is 0 Å². The summed E-state index contributed by atoms with van der Waals surface area (Å²) < 4.78 is 10.7. The van der Waals surface area contributed by atoms with Gasteiger partial charge in [0.2, 0.25) is 0 Å². The Morgan fingerprint density at radius 1 is 1.00 bits per heavy atom. The number of ether oxygens (including phenoxy) is 2. The highest BCUT2D eigenvalue weighted by molar-refractivity contribution is 5.95. The molecule has 4 rings (SSSR count). The van der Waals surface area contributed by atoms with Crippen LogP contribution in [0.1, 0.15) is 12.8 Å². The molecule has 0 spiro atoms. The molecule has 7 nitrogen and oxygen atoms in total. The van der Waals surface area contributed by atoms with Crippen LogP contribution in [0.3, 0.4) is 0 Å². The Labute approximate surface area is 163 Å². The van der Waals surface area contributed by atoms with E-state index >= 15 is 0 Å². The predicted molar refractivity (Wildman–Crippen MR) is 108 cm³/mol. The zero-order chi connectivity index (χ0) is 19.3. The van der Waals surface area contributed by atoms with E-state index in [0.717, 1.165) is 42.7 Å². The highest BCUT2D eigenvalue weighted by atomic mass is 16.5. The van der Waals surface area contributed by atoms with Crippen LogP contribution in [-0.4, -0.2) is 42.7 Å². The van der Waals surface area contributed by atoms with Crippen LogP contribution >= 0.6 is 0 Å². The maximum atomic E-state index is 12.5. The molecule has 2 heterocycles. The number of para-hydroxylation sites is 2. The number of nitrogens with one attached hydrogen (secondary N) is 1. The molecular weight excluding hydrogens is 356 g/mol. The van der Waals surface area contributed by atoms with Gasteiger partial charge in [-0.05, 0) is 49.2 Å². The Kier molecular flexibility index (Phi) is 5.23. The first-order chi connectivity index (χ1) is 13.7. The van der Waals surface area contributed by atoms with Crippen molar-refractivity contribution in [2.75, 3.05) is 37.0 Å². The minimum atomic E-state index is -0.277. The van der Waals surface area contributed by atoms with Gasteiger partial charge < -0.3 is 19.7 Å². The zero-order valence-corrected chi connectivity index (χ0v) is 15.7. The second kappa shape index (κ2) is 8.12. The Bertz CT molecular complexity index is 969. The smallest absolute Gasteiger partial charge is 0.263 e. The molecule has 1 aromatic heterocycles.